The van der Waals surface area contributed by atoms with E-state index in [-0.39, 0.29) is 23.8 Å². The third kappa shape index (κ3) is 4.74. The quantitative estimate of drug-likeness (QED) is 0.708. The van der Waals surface area contributed by atoms with Crippen LogP contribution in [-0.2, 0) is 9.59 Å². The maximum Gasteiger partial charge on any atom is 0.242 e. The number of amides is 2. The molecule has 1 N–H and O–H groups in total. The summed E-state index contributed by atoms with van der Waals surface area (Å²) in [7, 11) is 0. The van der Waals surface area contributed by atoms with Crippen molar-refractivity contribution in [2.24, 2.45) is 5.92 Å². The number of fused-ring (bicyclic) bond motifs is 1. The highest BCUT2D eigenvalue weighted by molar-refractivity contribution is 5.89. The van der Waals surface area contributed by atoms with Gasteiger partial charge in [0.1, 0.15) is 17.3 Å². The molecule has 1 aromatic heterocycles. The Morgan fingerprint density at radius 1 is 1.07 bits per heavy atom. The van der Waals surface area contributed by atoms with Crippen molar-refractivity contribution in [3.05, 3.63) is 36.5 Å². The van der Waals surface area contributed by atoms with Gasteiger partial charge in [0.25, 0.3) is 0 Å². The molecule has 6 heteroatoms. The van der Waals surface area contributed by atoms with Gasteiger partial charge >= 0.3 is 0 Å². The summed E-state index contributed by atoms with van der Waals surface area (Å²) < 4.78 is 5.89. The summed E-state index contributed by atoms with van der Waals surface area (Å²) in [5.74, 6) is 1.05. The fourth-order valence-electron chi connectivity index (χ4n) is 4.66. The Hall–Kier alpha value is -2.63. The van der Waals surface area contributed by atoms with Crippen LogP contribution in [-0.4, -0.2) is 47.4 Å². The standard InChI is InChI=1S/C24H31N3O3/c28-23(20-12-6-16-27(20)24(29)19-8-2-1-3-9-19)26-15-7-17-30-21-13-4-10-18-11-5-14-25-22(18)21/h4-5,10-11,13-14,19-20H,1-3,6-9,12,15-17H2,(H,26,28). The number of nitrogens with one attached hydrogen (secondary N) is 1. The van der Waals surface area contributed by atoms with Crippen molar-refractivity contribution in [3.8, 4) is 5.75 Å². The number of benzene rings is 1. The van der Waals surface area contributed by atoms with Crippen LogP contribution in [0.2, 0.25) is 0 Å². The average Bonchev–Trinajstić information content (AvgIpc) is 3.29. The number of carbonyl (C=O) groups is 2. The van der Waals surface area contributed by atoms with Crippen LogP contribution in [0.1, 0.15) is 51.4 Å². The highest BCUT2D eigenvalue weighted by Crippen LogP contribution is 2.29. The normalized spacial score (nSPS) is 19.7. The zero-order chi connectivity index (χ0) is 20.8. The molecular weight excluding hydrogens is 378 g/mol. The minimum atomic E-state index is -0.303. The molecule has 2 fully saturated rings. The number of aromatic nitrogens is 1. The van der Waals surface area contributed by atoms with Gasteiger partial charge in [0, 0.05) is 30.6 Å². The Kier molecular flexibility index (Phi) is 6.82. The third-order valence-electron chi connectivity index (χ3n) is 6.27. The van der Waals surface area contributed by atoms with Crippen LogP contribution >= 0.6 is 0 Å². The van der Waals surface area contributed by atoms with E-state index in [1.807, 2.05) is 35.2 Å². The van der Waals surface area contributed by atoms with Crippen molar-refractivity contribution in [1.82, 2.24) is 15.2 Å². The van der Waals surface area contributed by atoms with E-state index in [0.29, 0.717) is 26.1 Å². The summed E-state index contributed by atoms with van der Waals surface area (Å²) in [6, 6.07) is 9.50. The van der Waals surface area contributed by atoms with Crippen LogP contribution in [0.4, 0.5) is 0 Å². The van der Waals surface area contributed by atoms with Crippen molar-refractivity contribution in [3.63, 3.8) is 0 Å². The summed E-state index contributed by atoms with van der Waals surface area (Å²) in [6.45, 7) is 1.76. The van der Waals surface area contributed by atoms with Crippen LogP contribution in [0.25, 0.3) is 10.9 Å². The van der Waals surface area contributed by atoms with Gasteiger partial charge in [-0.2, -0.15) is 0 Å². The van der Waals surface area contributed by atoms with E-state index in [2.05, 4.69) is 10.3 Å². The minimum Gasteiger partial charge on any atom is -0.491 e. The van der Waals surface area contributed by atoms with Crippen LogP contribution in [0.5, 0.6) is 5.75 Å². The fourth-order valence-corrected chi connectivity index (χ4v) is 4.66. The lowest BCUT2D eigenvalue weighted by atomic mass is 9.88. The number of para-hydroxylation sites is 1. The Labute approximate surface area is 178 Å². The third-order valence-corrected chi connectivity index (χ3v) is 6.27. The molecule has 2 heterocycles. The zero-order valence-corrected chi connectivity index (χ0v) is 17.5. The second kappa shape index (κ2) is 9.92. The lowest BCUT2D eigenvalue weighted by molar-refractivity contribution is -0.142. The first kappa shape index (κ1) is 20.6. The number of hydrogen-bond donors (Lipinski definition) is 1. The maximum atomic E-state index is 12.9. The smallest absolute Gasteiger partial charge is 0.242 e. The van der Waals surface area contributed by atoms with E-state index in [4.69, 9.17) is 4.74 Å². The summed E-state index contributed by atoms with van der Waals surface area (Å²) in [6.07, 6.45) is 9.59. The number of likely N-dealkylation sites (tertiary alicyclic amines) is 1. The molecule has 1 saturated carbocycles. The van der Waals surface area contributed by atoms with Crippen LogP contribution in [0.15, 0.2) is 36.5 Å². The number of nitrogens with zero attached hydrogens (tertiary/aromatic N) is 2. The molecule has 30 heavy (non-hydrogen) atoms. The van der Waals surface area contributed by atoms with Crippen molar-refractivity contribution in [1.29, 1.82) is 0 Å². The lowest BCUT2D eigenvalue weighted by Gasteiger charge is -2.30. The minimum absolute atomic E-state index is 0.0245. The molecule has 1 unspecified atom stereocenters. The molecule has 2 aromatic rings. The summed E-state index contributed by atoms with van der Waals surface area (Å²) in [5.41, 5.74) is 0.854. The second-order valence-corrected chi connectivity index (χ2v) is 8.35. The molecule has 2 aliphatic rings. The number of ether oxygens (including phenoxy) is 1. The number of rotatable bonds is 7. The van der Waals surface area contributed by atoms with Gasteiger partial charge in [-0.3, -0.25) is 14.6 Å². The van der Waals surface area contributed by atoms with Crippen LogP contribution < -0.4 is 10.1 Å². The molecule has 2 amide bonds. The zero-order valence-electron chi connectivity index (χ0n) is 17.5. The molecule has 0 radical (unpaired) electrons. The van der Waals surface area contributed by atoms with Crippen LogP contribution in [0.3, 0.4) is 0 Å². The van der Waals surface area contributed by atoms with E-state index in [9.17, 15) is 9.59 Å². The van der Waals surface area contributed by atoms with Crippen molar-refractivity contribution in [2.75, 3.05) is 19.7 Å². The number of carbonyl (C=O) groups excluding carboxylic acids is 2. The predicted octanol–water partition coefficient (Wildman–Crippen LogP) is 3.69. The SMILES string of the molecule is O=C(NCCCOc1cccc2cccnc12)C1CCCN1C(=O)C1CCCCC1. The van der Waals surface area contributed by atoms with Crippen LogP contribution in [0, 0.1) is 5.92 Å². The number of pyridine rings is 1. The maximum absolute atomic E-state index is 12.9. The molecule has 0 spiro atoms. The molecular formula is C24H31N3O3. The summed E-state index contributed by atoms with van der Waals surface area (Å²) in [5, 5.41) is 4.06. The van der Waals surface area contributed by atoms with Gasteiger partial charge < -0.3 is 15.0 Å². The molecule has 1 aromatic carbocycles. The predicted molar refractivity (Wildman–Crippen MR) is 116 cm³/mol. The Balaban J connectivity index is 1.23. The van der Waals surface area contributed by atoms with E-state index in [1.165, 1.54) is 6.42 Å². The Morgan fingerprint density at radius 2 is 1.90 bits per heavy atom. The van der Waals surface area contributed by atoms with Crippen molar-refractivity contribution in [2.45, 2.75) is 57.4 Å². The van der Waals surface area contributed by atoms with E-state index in [0.717, 1.165) is 55.2 Å². The largest absolute Gasteiger partial charge is 0.491 e. The highest BCUT2D eigenvalue weighted by atomic mass is 16.5. The second-order valence-electron chi connectivity index (χ2n) is 8.35. The van der Waals surface area contributed by atoms with Crippen molar-refractivity contribution >= 4 is 22.7 Å². The van der Waals surface area contributed by atoms with Gasteiger partial charge in [-0.05, 0) is 44.2 Å². The average molecular weight is 410 g/mol. The van der Waals surface area contributed by atoms with Gasteiger partial charge in [0.05, 0.1) is 6.61 Å². The molecule has 6 nitrogen and oxygen atoms in total. The van der Waals surface area contributed by atoms with Gasteiger partial charge in [0.15, 0.2) is 0 Å². The topological polar surface area (TPSA) is 71.5 Å². The van der Waals surface area contributed by atoms with Gasteiger partial charge in [-0.15, -0.1) is 0 Å². The molecule has 1 aliphatic carbocycles. The Morgan fingerprint density at radius 3 is 2.77 bits per heavy atom. The molecule has 160 valence electrons. The monoisotopic (exact) mass is 409 g/mol. The van der Waals surface area contributed by atoms with E-state index < -0.39 is 0 Å². The molecule has 1 atom stereocenters. The van der Waals surface area contributed by atoms with Gasteiger partial charge in [-0.1, -0.05) is 37.5 Å². The van der Waals surface area contributed by atoms with E-state index in [1.54, 1.807) is 6.20 Å². The highest BCUT2D eigenvalue weighted by Gasteiger charge is 2.37. The molecule has 4 rings (SSSR count). The summed E-state index contributed by atoms with van der Waals surface area (Å²) in [4.78, 5) is 31.8. The molecule has 1 saturated heterocycles. The van der Waals surface area contributed by atoms with Gasteiger partial charge in [-0.25, -0.2) is 0 Å². The number of hydrogen-bond acceptors (Lipinski definition) is 4. The fraction of sp³-hybridized carbons (Fsp3) is 0.542. The van der Waals surface area contributed by atoms with Gasteiger partial charge in [0.2, 0.25) is 11.8 Å². The first-order valence-electron chi connectivity index (χ1n) is 11.3. The summed E-state index contributed by atoms with van der Waals surface area (Å²) >= 11 is 0. The Bertz CT molecular complexity index is 874. The van der Waals surface area contributed by atoms with Crippen molar-refractivity contribution < 1.29 is 14.3 Å². The first-order chi connectivity index (χ1) is 14.7. The molecule has 0 bridgehead atoms. The first-order valence-corrected chi connectivity index (χ1v) is 11.3. The lowest BCUT2D eigenvalue weighted by Crippen LogP contribution is -2.48. The van der Waals surface area contributed by atoms with E-state index >= 15 is 0 Å². The molecule has 1 aliphatic heterocycles.